The third-order valence-electron chi connectivity index (χ3n) is 3.53. The molecule has 1 aromatic carbocycles. The molecule has 116 valence electrons. The van der Waals surface area contributed by atoms with Gasteiger partial charge in [0.15, 0.2) is 6.29 Å². The molecule has 2 aromatic rings. The van der Waals surface area contributed by atoms with E-state index in [1.54, 1.807) is 23.0 Å². The smallest absolute Gasteiger partial charge is 0.274 e. The van der Waals surface area contributed by atoms with E-state index >= 15 is 0 Å². The number of hydroxylamine groups is 1. The molecule has 0 bridgehead atoms. The van der Waals surface area contributed by atoms with Crippen molar-refractivity contribution in [3.8, 4) is 5.69 Å². The van der Waals surface area contributed by atoms with Crippen LogP contribution in [0.25, 0.3) is 5.69 Å². The van der Waals surface area contributed by atoms with Gasteiger partial charge in [0.2, 0.25) is 0 Å². The second-order valence-corrected chi connectivity index (χ2v) is 5.35. The molecule has 1 fully saturated rings. The lowest BCUT2D eigenvalue weighted by atomic mass is 10.2. The van der Waals surface area contributed by atoms with Crippen molar-refractivity contribution < 1.29 is 14.4 Å². The minimum absolute atomic E-state index is 0.280. The zero-order valence-electron chi connectivity index (χ0n) is 12.5. The summed E-state index contributed by atoms with van der Waals surface area (Å²) in [5, 5.41) is 4.23. The Hall–Kier alpha value is -2.18. The molecule has 1 N–H and O–H groups in total. The number of amides is 1. The predicted molar refractivity (Wildman–Crippen MR) is 80.4 cm³/mol. The maximum Gasteiger partial charge on any atom is 0.274 e. The van der Waals surface area contributed by atoms with Gasteiger partial charge in [0, 0.05) is 24.8 Å². The molecular formula is C16H19N3O3. The van der Waals surface area contributed by atoms with E-state index in [0.29, 0.717) is 12.2 Å². The Labute approximate surface area is 129 Å². The first-order valence-corrected chi connectivity index (χ1v) is 7.42. The molecule has 6 heteroatoms. The minimum Gasteiger partial charge on any atom is -0.350 e. The molecule has 1 atom stereocenters. The van der Waals surface area contributed by atoms with Crippen LogP contribution < -0.4 is 5.48 Å². The number of nitrogens with zero attached hydrogens (tertiary/aromatic N) is 2. The second-order valence-electron chi connectivity index (χ2n) is 5.35. The summed E-state index contributed by atoms with van der Waals surface area (Å²) in [4.78, 5) is 17.3. The first-order chi connectivity index (χ1) is 10.7. The Kier molecular flexibility index (Phi) is 4.50. The largest absolute Gasteiger partial charge is 0.350 e. The zero-order chi connectivity index (χ0) is 15.4. The number of hydrogen-bond donors (Lipinski definition) is 1. The van der Waals surface area contributed by atoms with Gasteiger partial charge < -0.3 is 4.74 Å². The van der Waals surface area contributed by atoms with Crippen LogP contribution in [-0.2, 0) is 9.57 Å². The van der Waals surface area contributed by atoms with Crippen LogP contribution in [0.4, 0.5) is 0 Å². The average Bonchev–Trinajstić information content (AvgIpc) is 3.00. The van der Waals surface area contributed by atoms with Crippen LogP contribution in [-0.4, -0.2) is 28.6 Å². The van der Waals surface area contributed by atoms with Crippen molar-refractivity contribution in [2.75, 3.05) is 6.61 Å². The first kappa shape index (κ1) is 14.7. The molecule has 1 aliphatic heterocycles. The van der Waals surface area contributed by atoms with Gasteiger partial charge in [-0.25, -0.2) is 15.0 Å². The van der Waals surface area contributed by atoms with Crippen LogP contribution in [0.5, 0.6) is 0 Å². The number of nitrogens with one attached hydrogen (secondary N) is 1. The molecule has 1 aliphatic rings. The van der Waals surface area contributed by atoms with Crippen molar-refractivity contribution in [2.45, 2.75) is 32.5 Å². The third-order valence-corrected chi connectivity index (χ3v) is 3.53. The number of carbonyl (C=O) groups excluding carboxylic acids is 1. The quantitative estimate of drug-likeness (QED) is 0.881. The van der Waals surface area contributed by atoms with Gasteiger partial charge in [-0.1, -0.05) is 0 Å². The van der Waals surface area contributed by atoms with Gasteiger partial charge in [0.05, 0.1) is 11.9 Å². The summed E-state index contributed by atoms with van der Waals surface area (Å²) in [5.41, 5.74) is 4.97. The summed E-state index contributed by atoms with van der Waals surface area (Å²) < 4.78 is 7.16. The summed E-state index contributed by atoms with van der Waals surface area (Å²) in [6, 6.07) is 7.18. The van der Waals surface area contributed by atoms with E-state index in [4.69, 9.17) is 9.57 Å². The van der Waals surface area contributed by atoms with E-state index in [1.165, 1.54) is 0 Å². The lowest BCUT2D eigenvalue weighted by Crippen LogP contribution is -2.33. The van der Waals surface area contributed by atoms with E-state index < -0.39 is 0 Å². The summed E-state index contributed by atoms with van der Waals surface area (Å²) in [6.45, 7) is 2.66. The maximum atomic E-state index is 12.0. The van der Waals surface area contributed by atoms with Gasteiger partial charge in [-0.2, -0.15) is 5.10 Å². The van der Waals surface area contributed by atoms with Crippen LogP contribution in [0.15, 0.2) is 36.7 Å². The molecule has 0 saturated carbocycles. The number of aryl methyl sites for hydroxylation is 1. The fraction of sp³-hybridized carbons (Fsp3) is 0.375. The maximum absolute atomic E-state index is 12.0. The molecule has 0 unspecified atom stereocenters. The van der Waals surface area contributed by atoms with Gasteiger partial charge in [-0.05, 0) is 49.6 Å². The Morgan fingerprint density at radius 3 is 2.82 bits per heavy atom. The number of carbonyl (C=O) groups is 1. The molecule has 1 amide bonds. The summed E-state index contributed by atoms with van der Waals surface area (Å²) in [6.07, 6.45) is 6.28. The van der Waals surface area contributed by atoms with E-state index in [-0.39, 0.29) is 12.2 Å². The summed E-state index contributed by atoms with van der Waals surface area (Å²) in [5.74, 6) is -0.280. The molecule has 0 aliphatic carbocycles. The molecule has 0 spiro atoms. The Bertz CT molecular complexity index is 630. The number of ether oxygens (including phenoxy) is 1. The molecule has 1 aromatic heterocycles. The van der Waals surface area contributed by atoms with Gasteiger partial charge in [0.1, 0.15) is 0 Å². The topological polar surface area (TPSA) is 65.4 Å². The molecule has 22 heavy (non-hydrogen) atoms. The van der Waals surface area contributed by atoms with Crippen molar-refractivity contribution in [3.63, 3.8) is 0 Å². The van der Waals surface area contributed by atoms with Gasteiger partial charge in [0.25, 0.3) is 5.91 Å². The van der Waals surface area contributed by atoms with Gasteiger partial charge in [-0.15, -0.1) is 0 Å². The predicted octanol–water partition coefficient (Wildman–Crippen LogP) is 2.37. The number of rotatable bonds is 4. The average molecular weight is 301 g/mol. The van der Waals surface area contributed by atoms with E-state index in [1.807, 2.05) is 25.3 Å². The minimum atomic E-state index is -0.343. The van der Waals surface area contributed by atoms with Gasteiger partial charge in [-0.3, -0.25) is 4.79 Å². The monoisotopic (exact) mass is 301 g/mol. The lowest BCUT2D eigenvalue weighted by molar-refractivity contribution is -0.186. The van der Waals surface area contributed by atoms with Crippen LogP contribution in [0.1, 0.15) is 35.2 Å². The van der Waals surface area contributed by atoms with Crippen LogP contribution in [0.2, 0.25) is 0 Å². The van der Waals surface area contributed by atoms with E-state index in [0.717, 1.165) is 30.5 Å². The highest BCUT2D eigenvalue weighted by Crippen LogP contribution is 2.13. The van der Waals surface area contributed by atoms with Crippen molar-refractivity contribution in [1.29, 1.82) is 0 Å². The highest BCUT2D eigenvalue weighted by Gasteiger charge is 2.16. The second kappa shape index (κ2) is 6.72. The number of hydrogen-bond acceptors (Lipinski definition) is 4. The van der Waals surface area contributed by atoms with Crippen molar-refractivity contribution in [2.24, 2.45) is 0 Å². The molecule has 2 heterocycles. The Morgan fingerprint density at radius 1 is 1.36 bits per heavy atom. The van der Waals surface area contributed by atoms with E-state index in [2.05, 4.69) is 10.6 Å². The lowest BCUT2D eigenvalue weighted by Gasteiger charge is -2.22. The highest BCUT2D eigenvalue weighted by atomic mass is 16.8. The summed E-state index contributed by atoms with van der Waals surface area (Å²) in [7, 11) is 0. The van der Waals surface area contributed by atoms with Crippen molar-refractivity contribution in [1.82, 2.24) is 15.3 Å². The van der Waals surface area contributed by atoms with Crippen molar-refractivity contribution in [3.05, 3.63) is 47.8 Å². The molecule has 0 radical (unpaired) electrons. The molecular weight excluding hydrogens is 282 g/mol. The fourth-order valence-electron chi connectivity index (χ4n) is 2.30. The molecule has 1 saturated heterocycles. The van der Waals surface area contributed by atoms with Crippen molar-refractivity contribution >= 4 is 5.91 Å². The highest BCUT2D eigenvalue weighted by molar-refractivity contribution is 5.93. The number of aromatic nitrogens is 2. The third kappa shape index (κ3) is 3.52. The molecule has 3 rings (SSSR count). The fourth-order valence-corrected chi connectivity index (χ4v) is 2.30. The Balaban J connectivity index is 1.58. The normalized spacial score (nSPS) is 18.1. The number of benzene rings is 1. The van der Waals surface area contributed by atoms with Gasteiger partial charge >= 0.3 is 0 Å². The van der Waals surface area contributed by atoms with Crippen LogP contribution >= 0.6 is 0 Å². The standard InChI is InChI=1S/C16H19N3O3/c1-12-10-17-19(11-12)14-7-5-13(6-8-14)16(20)18-22-15-4-2-3-9-21-15/h5-8,10-11,15H,2-4,9H2,1H3,(H,18,20)/t15-/m1/s1. The Morgan fingerprint density at radius 2 is 2.18 bits per heavy atom. The van der Waals surface area contributed by atoms with Crippen LogP contribution in [0, 0.1) is 6.92 Å². The summed E-state index contributed by atoms with van der Waals surface area (Å²) >= 11 is 0. The van der Waals surface area contributed by atoms with E-state index in [9.17, 15) is 4.79 Å². The first-order valence-electron chi connectivity index (χ1n) is 7.42. The zero-order valence-corrected chi connectivity index (χ0v) is 12.5. The molecule has 6 nitrogen and oxygen atoms in total. The van der Waals surface area contributed by atoms with Crippen LogP contribution in [0.3, 0.4) is 0 Å². The SMILES string of the molecule is Cc1cnn(-c2ccc(C(=O)NO[C@@H]3CCCCO3)cc2)c1.